The molecule has 0 aromatic carbocycles. The Labute approximate surface area is 138 Å². The first-order valence-corrected chi connectivity index (χ1v) is 7.95. The molecule has 0 aromatic heterocycles. The molecule has 0 spiro atoms. The number of hydrogen-bond acceptors (Lipinski definition) is 4. The average Bonchev–Trinajstić information content (AvgIpc) is 2.73. The van der Waals surface area contributed by atoms with E-state index in [4.69, 9.17) is 4.74 Å². The van der Waals surface area contributed by atoms with Crippen molar-refractivity contribution in [1.29, 1.82) is 0 Å². The van der Waals surface area contributed by atoms with Crippen molar-refractivity contribution in [3.05, 3.63) is 0 Å². The summed E-state index contributed by atoms with van der Waals surface area (Å²) in [5, 5.41) is 3.31. The van der Waals surface area contributed by atoms with Crippen LogP contribution < -0.4 is 5.32 Å². The Balaban J connectivity index is 0.00000242. The molecule has 2 heterocycles. The Morgan fingerprint density at radius 1 is 1.18 bits per heavy atom. The van der Waals surface area contributed by atoms with Crippen molar-refractivity contribution in [2.75, 3.05) is 45.9 Å². The fourth-order valence-corrected chi connectivity index (χ4v) is 2.84. The van der Waals surface area contributed by atoms with E-state index in [9.17, 15) is 9.59 Å². The van der Waals surface area contributed by atoms with Gasteiger partial charge in [0.1, 0.15) is 0 Å². The highest BCUT2D eigenvalue weighted by atomic mass is 35.5. The summed E-state index contributed by atoms with van der Waals surface area (Å²) in [6.07, 6.45) is 1.34. The highest BCUT2D eigenvalue weighted by molar-refractivity contribution is 5.85. The molecule has 2 saturated heterocycles. The number of hydrogen-bond donors (Lipinski definition) is 1. The SMILES string of the molecule is CC(C)C(=O)N1CCCN(C(=O)CC2COCCN2)CC1.Cl. The van der Waals surface area contributed by atoms with Crippen LogP contribution in [0.2, 0.25) is 0 Å². The zero-order chi connectivity index (χ0) is 15.2. The highest BCUT2D eigenvalue weighted by Gasteiger charge is 2.25. The molecule has 2 rings (SSSR count). The van der Waals surface area contributed by atoms with Gasteiger partial charge < -0.3 is 19.9 Å². The first-order valence-electron chi connectivity index (χ1n) is 7.95. The van der Waals surface area contributed by atoms with E-state index in [1.807, 2.05) is 23.6 Å². The topological polar surface area (TPSA) is 61.9 Å². The van der Waals surface area contributed by atoms with E-state index in [0.29, 0.717) is 26.1 Å². The second-order valence-electron chi connectivity index (χ2n) is 6.14. The molecule has 0 bridgehead atoms. The number of carbonyl (C=O) groups is 2. The summed E-state index contributed by atoms with van der Waals surface area (Å²) >= 11 is 0. The van der Waals surface area contributed by atoms with E-state index in [1.165, 1.54) is 0 Å². The number of nitrogens with one attached hydrogen (secondary N) is 1. The molecule has 22 heavy (non-hydrogen) atoms. The molecule has 1 atom stereocenters. The number of amides is 2. The zero-order valence-corrected chi connectivity index (χ0v) is 14.4. The maximum absolute atomic E-state index is 12.4. The molecule has 1 unspecified atom stereocenters. The van der Waals surface area contributed by atoms with Gasteiger partial charge in [-0.25, -0.2) is 0 Å². The Hall–Kier alpha value is -0.850. The number of halogens is 1. The molecule has 7 heteroatoms. The van der Waals surface area contributed by atoms with E-state index >= 15 is 0 Å². The van der Waals surface area contributed by atoms with E-state index in [-0.39, 0.29) is 36.2 Å². The largest absolute Gasteiger partial charge is 0.378 e. The van der Waals surface area contributed by atoms with E-state index < -0.39 is 0 Å². The summed E-state index contributed by atoms with van der Waals surface area (Å²) < 4.78 is 5.38. The van der Waals surface area contributed by atoms with E-state index in [2.05, 4.69) is 5.32 Å². The number of nitrogens with zero attached hydrogens (tertiary/aromatic N) is 2. The van der Waals surface area contributed by atoms with Crippen molar-refractivity contribution < 1.29 is 14.3 Å². The molecule has 0 radical (unpaired) electrons. The van der Waals surface area contributed by atoms with Crippen LogP contribution in [0.1, 0.15) is 26.7 Å². The van der Waals surface area contributed by atoms with Crippen molar-refractivity contribution in [1.82, 2.24) is 15.1 Å². The summed E-state index contributed by atoms with van der Waals surface area (Å²) in [5.74, 6) is 0.374. The van der Waals surface area contributed by atoms with Crippen molar-refractivity contribution in [2.45, 2.75) is 32.7 Å². The Kier molecular flexibility index (Phi) is 8.14. The first kappa shape index (κ1) is 19.2. The molecular formula is C15H28ClN3O3. The second kappa shape index (κ2) is 9.33. The van der Waals surface area contributed by atoms with Gasteiger partial charge in [0.2, 0.25) is 11.8 Å². The summed E-state index contributed by atoms with van der Waals surface area (Å²) in [4.78, 5) is 28.2. The quantitative estimate of drug-likeness (QED) is 0.817. The van der Waals surface area contributed by atoms with Crippen molar-refractivity contribution >= 4 is 24.2 Å². The summed E-state index contributed by atoms with van der Waals surface area (Å²) in [5.41, 5.74) is 0. The van der Waals surface area contributed by atoms with Gasteiger partial charge in [-0.15, -0.1) is 12.4 Å². The van der Waals surface area contributed by atoms with Crippen molar-refractivity contribution in [2.24, 2.45) is 5.92 Å². The molecule has 2 amide bonds. The molecule has 2 aliphatic heterocycles. The molecule has 128 valence electrons. The fraction of sp³-hybridized carbons (Fsp3) is 0.867. The van der Waals surface area contributed by atoms with E-state index in [1.54, 1.807) is 0 Å². The van der Waals surface area contributed by atoms with Gasteiger partial charge in [0.25, 0.3) is 0 Å². The Morgan fingerprint density at radius 3 is 2.50 bits per heavy atom. The van der Waals surface area contributed by atoms with Crippen molar-refractivity contribution in [3.63, 3.8) is 0 Å². The third-order valence-corrected chi connectivity index (χ3v) is 4.07. The maximum atomic E-state index is 12.4. The third kappa shape index (κ3) is 5.41. The predicted octanol–water partition coefficient (Wildman–Crippen LogP) is 0.504. The lowest BCUT2D eigenvalue weighted by Gasteiger charge is -2.27. The van der Waals surface area contributed by atoms with Crippen LogP contribution in [0.5, 0.6) is 0 Å². The summed E-state index contributed by atoms with van der Waals surface area (Å²) in [7, 11) is 0. The lowest BCUT2D eigenvalue weighted by molar-refractivity contribution is -0.136. The number of ether oxygens (including phenoxy) is 1. The number of carbonyl (C=O) groups excluding carboxylic acids is 2. The van der Waals surface area contributed by atoms with Gasteiger partial charge in [-0.3, -0.25) is 9.59 Å². The minimum Gasteiger partial charge on any atom is -0.378 e. The van der Waals surface area contributed by atoms with Gasteiger partial charge >= 0.3 is 0 Å². The lowest BCUT2D eigenvalue weighted by atomic mass is 10.1. The van der Waals surface area contributed by atoms with Gasteiger partial charge in [-0.1, -0.05) is 13.8 Å². The molecule has 2 fully saturated rings. The monoisotopic (exact) mass is 333 g/mol. The Bertz CT molecular complexity index is 373. The van der Waals surface area contributed by atoms with Gasteiger partial charge in [-0.2, -0.15) is 0 Å². The summed E-state index contributed by atoms with van der Waals surface area (Å²) in [6.45, 7) is 8.78. The molecular weight excluding hydrogens is 306 g/mol. The van der Waals surface area contributed by atoms with Gasteiger partial charge in [0.05, 0.1) is 13.2 Å². The minimum atomic E-state index is 0. The standard InChI is InChI=1S/C15H27N3O3.ClH/c1-12(2)15(20)18-6-3-5-17(7-8-18)14(19)10-13-11-21-9-4-16-13;/h12-13,16H,3-11H2,1-2H3;1H. The van der Waals surface area contributed by atoms with Crippen LogP contribution in [0.15, 0.2) is 0 Å². The maximum Gasteiger partial charge on any atom is 0.225 e. The van der Waals surface area contributed by atoms with Gasteiger partial charge in [0.15, 0.2) is 0 Å². The second-order valence-corrected chi connectivity index (χ2v) is 6.14. The van der Waals surface area contributed by atoms with Crippen LogP contribution in [-0.4, -0.2) is 73.6 Å². The van der Waals surface area contributed by atoms with Crippen LogP contribution in [-0.2, 0) is 14.3 Å². The highest BCUT2D eigenvalue weighted by Crippen LogP contribution is 2.10. The van der Waals surface area contributed by atoms with Crippen LogP contribution in [0.4, 0.5) is 0 Å². The molecule has 1 N–H and O–H groups in total. The van der Waals surface area contributed by atoms with Crippen LogP contribution >= 0.6 is 12.4 Å². The smallest absolute Gasteiger partial charge is 0.225 e. The van der Waals surface area contributed by atoms with Crippen LogP contribution in [0.25, 0.3) is 0 Å². The molecule has 6 nitrogen and oxygen atoms in total. The van der Waals surface area contributed by atoms with E-state index in [0.717, 1.165) is 32.7 Å². The molecule has 0 aromatic rings. The fourth-order valence-electron chi connectivity index (χ4n) is 2.84. The third-order valence-electron chi connectivity index (χ3n) is 4.07. The van der Waals surface area contributed by atoms with Gasteiger partial charge in [-0.05, 0) is 6.42 Å². The van der Waals surface area contributed by atoms with Crippen LogP contribution in [0.3, 0.4) is 0 Å². The minimum absolute atomic E-state index is 0. The normalized spacial score (nSPS) is 23.0. The summed E-state index contributed by atoms with van der Waals surface area (Å²) in [6, 6.07) is 0.128. The molecule has 2 aliphatic rings. The number of rotatable bonds is 3. The van der Waals surface area contributed by atoms with Crippen LogP contribution in [0, 0.1) is 5.92 Å². The number of morpholine rings is 1. The van der Waals surface area contributed by atoms with Gasteiger partial charge in [0, 0.05) is 51.1 Å². The van der Waals surface area contributed by atoms with Crippen molar-refractivity contribution in [3.8, 4) is 0 Å². The first-order chi connectivity index (χ1) is 10.1. The Morgan fingerprint density at radius 2 is 1.86 bits per heavy atom. The predicted molar refractivity (Wildman–Crippen MR) is 87.1 cm³/mol. The molecule has 0 aliphatic carbocycles. The lowest BCUT2D eigenvalue weighted by Crippen LogP contribution is -2.46. The average molecular weight is 334 g/mol. The molecule has 0 saturated carbocycles. The zero-order valence-electron chi connectivity index (χ0n) is 13.5.